The van der Waals surface area contributed by atoms with Gasteiger partial charge in [-0.3, -0.25) is 10.1 Å². The van der Waals surface area contributed by atoms with Gasteiger partial charge in [0.2, 0.25) is 0 Å². The molecular formula is C13H17F3N2O2. The van der Waals surface area contributed by atoms with Crippen molar-refractivity contribution in [2.45, 2.75) is 38.9 Å². The van der Waals surface area contributed by atoms with Gasteiger partial charge in [-0.1, -0.05) is 19.9 Å². The highest BCUT2D eigenvalue weighted by molar-refractivity contribution is 5.46. The predicted molar refractivity (Wildman–Crippen MR) is 69.3 cm³/mol. The van der Waals surface area contributed by atoms with Gasteiger partial charge in [0, 0.05) is 18.0 Å². The Labute approximate surface area is 114 Å². The Morgan fingerprint density at radius 2 is 1.80 bits per heavy atom. The van der Waals surface area contributed by atoms with Crippen LogP contribution in [-0.2, 0) is 6.18 Å². The molecule has 0 aliphatic heterocycles. The van der Waals surface area contributed by atoms with Crippen molar-refractivity contribution in [2.75, 3.05) is 0 Å². The van der Waals surface area contributed by atoms with Crippen molar-refractivity contribution in [1.82, 2.24) is 0 Å². The highest BCUT2D eigenvalue weighted by Crippen LogP contribution is 2.39. The lowest BCUT2D eigenvalue weighted by molar-refractivity contribution is -0.388. The summed E-state index contributed by atoms with van der Waals surface area (Å²) >= 11 is 0. The number of nitrogens with zero attached hydrogens (tertiary/aromatic N) is 1. The van der Waals surface area contributed by atoms with Crippen LogP contribution in [0.4, 0.5) is 18.9 Å². The van der Waals surface area contributed by atoms with E-state index in [0.717, 1.165) is 12.1 Å². The Bertz CT molecular complexity index is 491. The van der Waals surface area contributed by atoms with Gasteiger partial charge in [-0.25, -0.2) is 0 Å². The summed E-state index contributed by atoms with van der Waals surface area (Å²) in [5.41, 5.74) is 4.01. The minimum Gasteiger partial charge on any atom is -0.327 e. The van der Waals surface area contributed by atoms with Gasteiger partial charge in [0.1, 0.15) is 5.56 Å². The second-order valence-corrected chi connectivity index (χ2v) is 5.16. The molecule has 1 rings (SSSR count). The zero-order valence-electron chi connectivity index (χ0n) is 11.4. The monoisotopic (exact) mass is 290 g/mol. The van der Waals surface area contributed by atoms with Crippen molar-refractivity contribution in [3.8, 4) is 0 Å². The molecule has 0 saturated carbocycles. The van der Waals surface area contributed by atoms with Crippen LogP contribution in [0.1, 0.15) is 37.8 Å². The Kier molecular flexibility index (Phi) is 4.75. The summed E-state index contributed by atoms with van der Waals surface area (Å²) < 4.78 is 38.8. The number of nitrogens with two attached hydrogens (primary N) is 1. The van der Waals surface area contributed by atoms with Crippen molar-refractivity contribution in [2.24, 2.45) is 11.7 Å². The van der Waals surface area contributed by atoms with E-state index in [9.17, 15) is 23.3 Å². The lowest BCUT2D eigenvalue weighted by Gasteiger charge is -2.25. The first-order valence-electron chi connectivity index (χ1n) is 6.16. The van der Waals surface area contributed by atoms with E-state index in [0.29, 0.717) is 5.56 Å². The summed E-state index contributed by atoms with van der Waals surface area (Å²) in [4.78, 5) is 9.67. The Balaban J connectivity index is 3.43. The minimum atomic E-state index is -4.77. The molecule has 20 heavy (non-hydrogen) atoms. The quantitative estimate of drug-likeness (QED) is 0.679. The van der Waals surface area contributed by atoms with Gasteiger partial charge in [0.05, 0.1) is 4.92 Å². The molecular weight excluding hydrogens is 273 g/mol. The van der Waals surface area contributed by atoms with E-state index in [4.69, 9.17) is 5.73 Å². The molecule has 0 aromatic heterocycles. The maximum absolute atomic E-state index is 12.9. The number of alkyl halides is 3. The minimum absolute atomic E-state index is 0.0255. The molecule has 2 N–H and O–H groups in total. The molecule has 0 spiro atoms. The molecule has 0 heterocycles. The lowest BCUT2D eigenvalue weighted by atomic mass is 9.82. The molecule has 112 valence electrons. The predicted octanol–water partition coefficient (Wildman–Crippen LogP) is 3.70. The Morgan fingerprint density at radius 1 is 1.25 bits per heavy atom. The van der Waals surface area contributed by atoms with Crippen molar-refractivity contribution >= 4 is 5.69 Å². The van der Waals surface area contributed by atoms with Crippen LogP contribution in [0, 0.1) is 16.0 Å². The van der Waals surface area contributed by atoms with E-state index in [1.807, 2.05) is 13.8 Å². The summed E-state index contributed by atoms with van der Waals surface area (Å²) in [7, 11) is 0. The number of hydrogen-bond acceptors (Lipinski definition) is 3. The van der Waals surface area contributed by atoms with E-state index in [1.54, 1.807) is 6.92 Å². The zero-order chi connectivity index (χ0) is 15.7. The van der Waals surface area contributed by atoms with Crippen LogP contribution < -0.4 is 5.73 Å². The third-order valence-corrected chi connectivity index (χ3v) is 3.19. The number of benzene rings is 1. The van der Waals surface area contributed by atoms with Gasteiger partial charge in [-0.05, 0) is 24.5 Å². The molecule has 0 aliphatic carbocycles. The van der Waals surface area contributed by atoms with Crippen LogP contribution in [0.3, 0.4) is 0 Å². The van der Waals surface area contributed by atoms with Gasteiger partial charge in [-0.15, -0.1) is 0 Å². The molecule has 0 saturated heterocycles. The van der Waals surface area contributed by atoms with E-state index in [-0.39, 0.29) is 17.9 Å². The van der Waals surface area contributed by atoms with Gasteiger partial charge in [0.25, 0.3) is 5.69 Å². The largest absolute Gasteiger partial charge is 0.423 e. The smallest absolute Gasteiger partial charge is 0.327 e. The maximum atomic E-state index is 12.9. The van der Waals surface area contributed by atoms with Crippen LogP contribution in [0.15, 0.2) is 18.2 Å². The summed E-state index contributed by atoms with van der Waals surface area (Å²) in [5, 5.41) is 10.7. The molecule has 7 heteroatoms. The van der Waals surface area contributed by atoms with Crippen molar-refractivity contribution in [3.63, 3.8) is 0 Å². The second-order valence-electron chi connectivity index (χ2n) is 5.16. The molecule has 2 atom stereocenters. The van der Waals surface area contributed by atoms with Crippen molar-refractivity contribution in [1.29, 1.82) is 0 Å². The average molecular weight is 290 g/mol. The van der Waals surface area contributed by atoms with E-state index >= 15 is 0 Å². The van der Waals surface area contributed by atoms with E-state index in [2.05, 4.69) is 0 Å². The number of halogens is 3. The van der Waals surface area contributed by atoms with Crippen molar-refractivity contribution < 1.29 is 18.1 Å². The highest BCUT2D eigenvalue weighted by atomic mass is 19.4. The van der Waals surface area contributed by atoms with Gasteiger partial charge < -0.3 is 5.73 Å². The van der Waals surface area contributed by atoms with E-state index < -0.39 is 22.4 Å². The third-order valence-electron chi connectivity index (χ3n) is 3.19. The fraction of sp³-hybridized carbons (Fsp3) is 0.538. The fourth-order valence-corrected chi connectivity index (χ4v) is 2.44. The van der Waals surface area contributed by atoms with Crippen LogP contribution in [0.2, 0.25) is 0 Å². The standard InChI is InChI=1S/C13H17F3N2O2/c1-7(2)12(8(3)17)9-4-5-11(18(19)20)10(6-9)13(14,15)16/h4-8,12H,17H2,1-3H3. The zero-order valence-corrected chi connectivity index (χ0v) is 11.4. The van der Waals surface area contributed by atoms with Crippen LogP contribution >= 0.6 is 0 Å². The Morgan fingerprint density at radius 3 is 2.15 bits per heavy atom. The molecule has 4 nitrogen and oxygen atoms in total. The third kappa shape index (κ3) is 3.47. The topological polar surface area (TPSA) is 69.2 Å². The Hall–Kier alpha value is -1.63. The average Bonchev–Trinajstić information content (AvgIpc) is 2.26. The summed E-state index contributed by atoms with van der Waals surface area (Å²) in [6, 6.07) is 2.74. The first kappa shape index (κ1) is 16.4. The summed E-state index contributed by atoms with van der Waals surface area (Å²) in [6.45, 7) is 5.41. The van der Waals surface area contributed by atoms with Crippen LogP contribution in [-0.4, -0.2) is 11.0 Å². The van der Waals surface area contributed by atoms with Crippen LogP contribution in [0.25, 0.3) is 0 Å². The SMILES string of the molecule is CC(C)C(c1ccc([N+](=O)[O-])c(C(F)(F)F)c1)C(C)N. The summed E-state index contributed by atoms with van der Waals surface area (Å²) in [6.07, 6.45) is -4.77. The molecule has 1 aromatic carbocycles. The second kappa shape index (κ2) is 5.78. The van der Waals surface area contributed by atoms with Crippen LogP contribution in [0.5, 0.6) is 0 Å². The van der Waals surface area contributed by atoms with Crippen molar-refractivity contribution in [3.05, 3.63) is 39.4 Å². The lowest BCUT2D eigenvalue weighted by Crippen LogP contribution is -2.28. The molecule has 0 fully saturated rings. The number of hydrogen-bond donors (Lipinski definition) is 1. The molecule has 0 radical (unpaired) electrons. The molecule has 2 unspecified atom stereocenters. The first-order chi connectivity index (χ1) is 9.05. The summed E-state index contributed by atoms with van der Waals surface area (Å²) in [5.74, 6) is -0.269. The van der Waals surface area contributed by atoms with Gasteiger partial charge in [0.15, 0.2) is 0 Å². The number of nitro groups is 1. The first-order valence-corrected chi connectivity index (χ1v) is 6.16. The fourth-order valence-electron chi connectivity index (χ4n) is 2.44. The number of rotatable bonds is 4. The number of nitro benzene ring substituents is 1. The normalized spacial score (nSPS) is 15.2. The molecule has 0 bridgehead atoms. The maximum Gasteiger partial charge on any atom is 0.423 e. The van der Waals surface area contributed by atoms with Gasteiger partial charge in [-0.2, -0.15) is 13.2 Å². The molecule has 0 amide bonds. The highest BCUT2D eigenvalue weighted by Gasteiger charge is 2.39. The van der Waals surface area contributed by atoms with Gasteiger partial charge >= 0.3 is 6.18 Å². The van der Waals surface area contributed by atoms with E-state index in [1.165, 1.54) is 6.07 Å². The molecule has 1 aromatic rings. The molecule has 0 aliphatic rings.